The van der Waals surface area contributed by atoms with E-state index < -0.39 is 5.41 Å². The van der Waals surface area contributed by atoms with Crippen LogP contribution < -0.4 is 5.32 Å². The van der Waals surface area contributed by atoms with Gasteiger partial charge in [-0.3, -0.25) is 9.48 Å². The molecule has 0 saturated carbocycles. The fourth-order valence-corrected chi connectivity index (χ4v) is 3.98. The second-order valence-electron chi connectivity index (χ2n) is 7.06. The molecule has 144 valence electrons. The van der Waals surface area contributed by atoms with Gasteiger partial charge in [0.1, 0.15) is 0 Å². The average molecular weight is 440 g/mol. The van der Waals surface area contributed by atoms with Crippen LogP contribution in [-0.2, 0) is 21.5 Å². The summed E-state index contributed by atoms with van der Waals surface area (Å²) in [6, 6.07) is 17.9. The minimum atomic E-state index is -0.572. The van der Waals surface area contributed by atoms with Crippen LogP contribution in [0.3, 0.4) is 0 Å². The molecule has 0 spiro atoms. The van der Waals surface area contributed by atoms with Crippen molar-refractivity contribution in [3.63, 3.8) is 0 Å². The van der Waals surface area contributed by atoms with Crippen molar-refractivity contribution in [2.75, 3.05) is 18.5 Å². The molecule has 0 radical (unpaired) electrons. The molecule has 1 N–H and O–H groups in total. The maximum absolute atomic E-state index is 13.4. The van der Waals surface area contributed by atoms with Crippen molar-refractivity contribution in [1.82, 2.24) is 9.78 Å². The lowest BCUT2D eigenvalue weighted by atomic mass is 9.73. The van der Waals surface area contributed by atoms with Gasteiger partial charge in [0.15, 0.2) is 0 Å². The van der Waals surface area contributed by atoms with Gasteiger partial charge in [-0.15, -0.1) is 0 Å². The standard InChI is InChI=1S/C22H22BrN3O2/c23-19-7-5-18(6-8-19)22(9-13-28-14-10-22)21(27)25-20-4-1-3-17(15-20)16-26-12-2-11-24-26/h1-8,11-12,15H,9-10,13-14,16H2,(H,25,27). The second-order valence-corrected chi connectivity index (χ2v) is 7.98. The van der Waals surface area contributed by atoms with Crippen LogP contribution in [-0.4, -0.2) is 28.9 Å². The van der Waals surface area contributed by atoms with Gasteiger partial charge in [-0.2, -0.15) is 5.10 Å². The number of ether oxygens (including phenoxy) is 1. The number of aromatic nitrogens is 2. The van der Waals surface area contributed by atoms with E-state index in [2.05, 4.69) is 26.3 Å². The molecule has 1 aromatic heterocycles. The molecule has 0 unspecified atom stereocenters. The van der Waals surface area contributed by atoms with Crippen molar-refractivity contribution >= 4 is 27.5 Å². The molecule has 5 nitrogen and oxygen atoms in total. The first-order valence-corrected chi connectivity index (χ1v) is 10.2. The Morgan fingerprint density at radius 3 is 2.64 bits per heavy atom. The van der Waals surface area contributed by atoms with Gasteiger partial charge in [0.05, 0.1) is 12.0 Å². The summed E-state index contributed by atoms with van der Waals surface area (Å²) in [7, 11) is 0. The Morgan fingerprint density at radius 2 is 1.93 bits per heavy atom. The van der Waals surface area contributed by atoms with E-state index in [-0.39, 0.29) is 5.91 Å². The van der Waals surface area contributed by atoms with Gasteiger partial charge in [0.25, 0.3) is 0 Å². The van der Waals surface area contributed by atoms with Gasteiger partial charge in [-0.25, -0.2) is 0 Å². The molecule has 4 rings (SSSR count). The third kappa shape index (κ3) is 4.03. The van der Waals surface area contributed by atoms with Gasteiger partial charge in [0, 0.05) is 35.8 Å². The largest absolute Gasteiger partial charge is 0.381 e. The highest BCUT2D eigenvalue weighted by atomic mass is 79.9. The molecule has 0 atom stereocenters. The molecular weight excluding hydrogens is 418 g/mol. The Bertz CT molecular complexity index is 933. The van der Waals surface area contributed by atoms with Crippen molar-refractivity contribution in [1.29, 1.82) is 0 Å². The fraction of sp³-hybridized carbons (Fsp3) is 0.273. The van der Waals surface area contributed by atoms with Gasteiger partial charge in [-0.1, -0.05) is 40.2 Å². The zero-order valence-electron chi connectivity index (χ0n) is 15.5. The predicted octanol–water partition coefficient (Wildman–Crippen LogP) is 4.38. The van der Waals surface area contributed by atoms with E-state index in [9.17, 15) is 4.79 Å². The van der Waals surface area contributed by atoms with Crippen molar-refractivity contribution in [2.24, 2.45) is 0 Å². The molecule has 1 fully saturated rings. The molecule has 1 amide bonds. The third-order valence-corrected chi connectivity index (χ3v) is 5.80. The molecule has 28 heavy (non-hydrogen) atoms. The van der Waals surface area contributed by atoms with Gasteiger partial charge in [0.2, 0.25) is 5.91 Å². The molecule has 1 aliphatic rings. The number of amides is 1. The summed E-state index contributed by atoms with van der Waals surface area (Å²) in [5.41, 5.74) is 2.35. The van der Waals surface area contributed by atoms with Crippen LogP contribution in [0, 0.1) is 0 Å². The fourth-order valence-electron chi connectivity index (χ4n) is 3.71. The summed E-state index contributed by atoms with van der Waals surface area (Å²) in [6.07, 6.45) is 5.04. The van der Waals surface area contributed by atoms with Crippen molar-refractivity contribution < 1.29 is 9.53 Å². The topological polar surface area (TPSA) is 56.2 Å². The number of rotatable bonds is 5. The summed E-state index contributed by atoms with van der Waals surface area (Å²) < 4.78 is 8.42. The Labute approximate surface area is 172 Å². The molecule has 0 aliphatic carbocycles. The Hall–Kier alpha value is -2.44. The quantitative estimate of drug-likeness (QED) is 0.641. The van der Waals surface area contributed by atoms with Crippen LogP contribution in [0.15, 0.2) is 71.5 Å². The van der Waals surface area contributed by atoms with Crippen LogP contribution in [0.1, 0.15) is 24.0 Å². The van der Waals surface area contributed by atoms with E-state index in [0.29, 0.717) is 32.6 Å². The monoisotopic (exact) mass is 439 g/mol. The maximum Gasteiger partial charge on any atom is 0.235 e. The first kappa shape index (κ1) is 18.9. The number of hydrogen-bond acceptors (Lipinski definition) is 3. The maximum atomic E-state index is 13.4. The number of anilines is 1. The average Bonchev–Trinajstić information content (AvgIpc) is 3.22. The Balaban J connectivity index is 1.57. The first-order chi connectivity index (χ1) is 13.7. The number of carbonyl (C=O) groups is 1. The van der Waals surface area contributed by atoms with Gasteiger partial charge >= 0.3 is 0 Å². The number of benzene rings is 2. The van der Waals surface area contributed by atoms with Gasteiger partial charge in [-0.05, 0) is 54.3 Å². The minimum Gasteiger partial charge on any atom is -0.381 e. The number of nitrogens with one attached hydrogen (secondary N) is 1. The van der Waals surface area contributed by atoms with Crippen LogP contribution in [0.2, 0.25) is 0 Å². The second kappa shape index (κ2) is 8.29. The summed E-state index contributed by atoms with van der Waals surface area (Å²) in [5.74, 6) is 0.0226. The van der Waals surface area contributed by atoms with Crippen LogP contribution in [0.25, 0.3) is 0 Å². The lowest BCUT2D eigenvalue weighted by molar-refractivity contribution is -0.125. The summed E-state index contributed by atoms with van der Waals surface area (Å²) in [6.45, 7) is 1.84. The number of carbonyl (C=O) groups excluding carboxylic acids is 1. The van der Waals surface area contributed by atoms with E-state index in [4.69, 9.17) is 4.74 Å². The Kier molecular flexibility index (Phi) is 5.59. The van der Waals surface area contributed by atoms with Crippen LogP contribution >= 0.6 is 15.9 Å². The summed E-state index contributed by atoms with van der Waals surface area (Å²) >= 11 is 3.48. The van der Waals surface area contributed by atoms with Gasteiger partial charge < -0.3 is 10.1 Å². The predicted molar refractivity (Wildman–Crippen MR) is 112 cm³/mol. The zero-order valence-corrected chi connectivity index (χ0v) is 17.1. The van der Waals surface area contributed by atoms with Crippen molar-refractivity contribution in [2.45, 2.75) is 24.8 Å². The lowest BCUT2D eigenvalue weighted by Crippen LogP contribution is -2.44. The van der Waals surface area contributed by atoms with Crippen LogP contribution in [0.4, 0.5) is 5.69 Å². The van der Waals surface area contributed by atoms with E-state index in [1.54, 1.807) is 6.20 Å². The molecule has 2 aromatic carbocycles. The SMILES string of the molecule is O=C(Nc1cccc(Cn2cccn2)c1)C1(c2ccc(Br)cc2)CCOCC1. The molecule has 1 saturated heterocycles. The normalized spacial score (nSPS) is 15.9. The van der Waals surface area contributed by atoms with E-state index in [1.807, 2.05) is 65.5 Å². The number of hydrogen-bond donors (Lipinski definition) is 1. The third-order valence-electron chi connectivity index (χ3n) is 5.27. The van der Waals surface area contributed by atoms with Crippen molar-refractivity contribution in [3.8, 4) is 0 Å². The highest BCUT2D eigenvalue weighted by Gasteiger charge is 2.41. The highest BCUT2D eigenvalue weighted by molar-refractivity contribution is 9.10. The zero-order chi connectivity index (χ0) is 19.4. The number of halogens is 1. The molecule has 1 aliphatic heterocycles. The molecule has 6 heteroatoms. The summed E-state index contributed by atoms with van der Waals surface area (Å²) in [5, 5.41) is 7.39. The molecule has 2 heterocycles. The highest BCUT2D eigenvalue weighted by Crippen LogP contribution is 2.36. The number of nitrogens with zero attached hydrogens (tertiary/aromatic N) is 2. The molecule has 3 aromatic rings. The smallest absolute Gasteiger partial charge is 0.235 e. The first-order valence-electron chi connectivity index (χ1n) is 9.37. The lowest BCUT2D eigenvalue weighted by Gasteiger charge is -2.36. The van der Waals surface area contributed by atoms with E-state index in [0.717, 1.165) is 21.3 Å². The van der Waals surface area contributed by atoms with E-state index in [1.165, 1.54) is 0 Å². The van der Waals surface area contributed by atoms with Crippen LogP contribution in [0.5, 0.6) is 0 Å². The van der Waals surface area contributed by atoms with E-state index >= 15 is 0 Å². The van der Waals surface area contributed by atoms with Crippen molar-refractivity contribution in [3.05, 3.63) is 82.6 Å². The molecular formula is C22H22BrN3O2. The minimum absolute atomic E-state index is 0.0226. The molecule has 0 bridgehead atoms. The Morgan fingerprint density at radius 1 is 1.14 bits per heavy atom. The summed E-state index contributed by atoms with van der Waals surface area (Å²) in [4.78, 5) is 13.4.